The average Bonchev–Trinajstić information content (AvgIpc) is 3.12. The monoisotopic (exact) mass is 568 g/mol. The predicted octanol–water partition coefficient (Wildman–Crippen LogP) is 6.19. The van der Waals surface area contributed by atoms with Gasteiger partial charge in [0.15, 0.2) is 10.9 Å². The number of carbonyl (C=O) groups is 2. The van der Waals surface area contributed by atoms with Gasteiger partial charge in [-0.1, -0.05) is 52.0 Å². The van der Waals surface area contributed by atoms with Crippen molar-refractivity contribution in [2.45, 2.75) is 6.92 Å². The van der Waals surface area contributed by atoms with Crippen LogP contribution in [0.25, 0.3) is 6.08 Å². The molecule has 0 aliphatic carbocycles. The number of ether oxygens (including phenoxy) is 2. The molecule has 1 heterocycles. The third kappa shape index (κ3) is 6.11. The van der Waals surface area contributed by atoms with Gasteiger partial charge >= 0.3 is 0 Å². The number of nitrogens with zero attached hydrogens (tertiary/aromatic N) is 1. The lowest BCUT2D eigenvalue weighted by Gasteiger charge is -2.14. The van der Waals surface area contributed by atoms with E-state index in [4.69, 9.17) is 21.7 Å². The Bertz CT molecular complexity index is 1330. The van der Waals surface area contributed by atoms with Crippen LogP contribution in [0.5, 0.6) is 11.5 Å². The van der Waals surface area contributed by atoms with E-state index in [0.29, 0.717) is 26.4 Å². The van der Waals surface area contributed by atoms with Crippen LogP contribution < -0.4 is 19.7 Å². The first-order valence-electron chi connectivity index (χ1n) is 10.5. The van der Waals surface area contributed by atoms with Crippen molar-refractivity contribution in [3.8, 4) is 11.5 Å². The molecule has 6 nitrogen and oxygen atoms in total. The molecule has 0 atom stereocenters. The van der Waals surface area contributed by atoms with E-state index >= 15 is 0 Å². The number of methoxy groups -OCH3 is 1. The Morgan fingerprint density at radius 2 is 1.89 bits per heavy atom. The third-order valence-corrected chi connectivity index (χ3v) is 6.91. The lowest BCUT2D eigenvalue weighted by molar-refractivity contribution is -0.118. The number of benzene rings is 3. The average molecular weight is 570 g/mol. The van der Waals surface area contributed by atoms with Crippen LogP contribution in [-0.2, 0) is 9.59 Å². The zero-order valence-electron chi connectivity index (χ0n) is 18.9. The number of aryl methyl sites for hydroxylation is 1. The Morgan fingerprint density at radius 3 is 2.60 bits per heavy atom. The summed E-state index contributed by atoms with van der Waals surface area (Å²) in [6, 6.07) is 20.0. The maximum Gasteiger partial charge on any atom is 0.270 e. The van der Waals surface area contributed by atoms with E-state index in [-0.39, 0.29) is 18.4 Å². The van der Waals surface area contributed by atoms with Crippen molar-refractivity contribution >= 4 is 73.5 Å². The molecule has 4 rings (SSSR count). The summed E-state index contributed by atoms with van der Waals surface area (Å²) in [4.78, 5) is 27.4. The molecule has 0 radical (unpaired) electrons. The van der Waals surface area contributed by atoms with Gasteiger partial charge in [-0.3, -0.25) is 14.5 Å². The quantitative estimate of drug-likeness (QED) is 0.271. The Balaban J connectivity index is 1.42. The molecule has 3 aromatic rings. The van der Waals surface area contributed by atoms with E-state index in [1.165, 1.54) is 16.7 Å². The van der Waals surface area contributed by atoms with Crippen LogP contribution >= 0.6 is 39.9 Å². The second-order valence-corrected chi connectivity index (χ2v) is 10.2. The summed E-state index contributed by atoms with van der Waals surface area (Å²) in [5.41, 5.74) is 3.12. The van der Waals surface area contributed by atoms with E-state index < -0.39 is 0 Å². The summed E-state index contributed by atoms with van der Waals surface area (Å²) < 4.78 is 12.3. The molecule has 3 aromatic carbocycles. The molecule has 1 fully saturated rings. The maximum atomic E-state index is 13.0. The van der Waals surface area contributed by atoms with Crippen molar-refractivity contribution in [1.29, 1.82) is 0 Å². The highest BCUT2D eigenvalue weighted by atomic mass is 79.9. The van der Waals surface area contributed by atoms with Crippen LogP contribution in [0.3, 0.4) is 0 Å². The van der Waals surface area contributed by atoms with Crippen LogP contribution in [0, 0.1) is 6.92 Å². The molecule has 0 bridgehead atoms. The van der Waals surface area contributed by atoms with Gasteiger partial charge in [0.05, 0.1) is 17.7 Å². The van der Waals surface area contributed by atoms with E-state index in [1.54, 1.807) is 49.6 Å². The van der Waals surface area contributed by atoms with E-state index in [9.17, 15) is 9.59 Å². The number of thiocarbonyl (C=S) groups is 1. The van der Waals surface area contributed by atoms with Crippen molar-refractivity contribution in [3.05, 3.63) is 87.2 Å². The lowest BCUT2D eigenvalue weighted by atomic mass is 10.2. The fraction of sp³-hybridized carbons (Fsp3) is 0.115. The zero-order valence-corrected chi connectivity index (χ0v) is 22.1. The number of carbonyl (C=O) groups excluding carboxylic acids is 2. The molecule has 0 aromatic heterocycles. The fourth-order valence-corrected chi connectivity index (χ4v) is 5.14. The van der Waals surface area contributed by atoms with Gasteiger partial charge in [-0.15, -0.1) is 0 Å². The molecule has 1 saturated heterocycles. The Hall–Kier alpha value is -3.14. The summed E-state index contributed by atoms with van der Waals surface area (Å²) in [5, 5.41) is 2.85. The normalized spacial score (nSPS) is 14.4. The van der Waals surface area contributed by atoms with Gasteiger partial charge < -0.3 is 14.8 Å². The van der Waals surface area contributed by atoms with Crippen LogP contribution in [0.4, 0.5) is 11.4 Å². The van der Waals surface area contributed by atoms with Gasteiger partial charge in [-0.2, -0.15) is 0 Å². The first kappa shape index (κ1) is 25.0. The second kappa shape index (κ2) is 11.1. The Labute approximate surface area is 221 Å². The Morgan fingerprint density at radius 1 is 1.11 bits per heavy atom. The van der Waals surface area contributed by atoms with Crippen molar-refractivity contribution in [2.75, 3.05) is 23.9 Å². The van der Waals surface area contributed by atoms with Gasteiger partial charge in [0.2, 0.25) is 0 Å². The molecule has 0 saturated carbocycles. The number of rotatable bonds is 7. The predicted molar refractivity (Wildman–Crippen MR) is 148 cm³/mol. The van der Waals surface area contributed by atoms with E-state index in [1.807, 2.05) is 37.3 Å². The first-order valence-corrected chi connectivity index (χ1v) is 12.6. The van der Waals surface area contributed by atoms with Gasteiger partial charge in [-0.25, -0.2) is 0 Å². The molecule has 35 heavy (non-hydrogen) atoms. The summed E-state index contributed by atoms with van der Waals surface area (Å²) in [7, 11) is 1.59. The molecule has 1 aliphatic heterocycles. The Kier molecular flexibility index (Phi) is 7.90. The van der Waals surface area contributed by atoms with Crippen molar-refractivity contribution in [2.24, 2.45) is 0 Å². The SMILES string of the molecule is COc1ccc(N2C(=O)/C(=C/c3cccc(OCC(=O)Nc4ccc(Br)cc4C)c3)SC2=S)cc1. The van der Waals surface area contributed by atoms with Crippen molar-refractivity contribution in [3.63, 3.8) is 0 Å². The van der Waals surface area contributed by atoms with Crippen LogP contribution in [0.1, 0.15) is 11.1 Å². The summed E-state index contributed by atoms with van der Waals surface area (Å²) in [5.74, 6) is 0.765. The maximum absolute atomic E-state index is 13.0. The van der Waals surface area contributed by atoms with Gasteiger partial charge in [0.1, 0.15) is 11.5 Å². The number of hydrogen-bond donors (Lipinski definition) is 1. The van der Waals surface area contributed by atoms with Gasteiger partial charge in [0.25, 0.3) is 11.8 Å². The first-order chi connectivity index (χ1) is 16.8. The number of halogens is 1. The fourth-order valence-electron chi connectivity index (χ4n) is 3.37. The van der Waals surface area contributed by atoms with Gasteiger partial charge in [0, 0.05) is 10.2 Å². The highest BCUT2D eigenvalue weighted by Gasteiger charge is 2.33. The highest BCUT2D eigenvalue weighted by molar-refractivity contribution is 9.10. The molecular formula is C26H21BrN2O4S2. The molecule has 9 heteroatoms. The van der Waals surface area contributed by atoms with Gasteiger partial charge in [-0.05, 0) is 78.7 Å². The third-order valence-electron chi connectivity index (χ3n) is 5.11. The number of hydrogen-bond acceptors (Lipinski definition) is 6. The minimum Gasteiger partial charge on any atom is -0.497 e. The lowest BCUT2D eigenvalue weighted by Crippen LogP contribution is -2.27. The molecule has 0 unspecified atom stereocenters. The minimum atomic E-state index is -0.263. The van der Waals surface area contributed by atoms with Crippen molar-refractivity contribution in [1.82, 2.24) is 0 Å². The summed E-state index contributed by atoms with van der Waals surface area (Å²) in [6.45, 7) is 1.78. The number of nitrogens with one attached hydrogen (secondary N) is 1. The molecule has 1 aliphatic rings. The van der Waals surface area contributed by atoms with Crippen LogP contribution in [-0.4, -0.2) is 29.9 Å². The number of anilines is 2. The zero-order chi connectivity index (χ0) is 24.9. The molecule has 178 valence electrons. The highest BCUT2D eigenvalue weighted by Crippen LogP contribution is 2.36. The number of amides is 2. The van der Waals surface area contributed by atoms with E-state index in [0.717, 1.165) is 21.3 Å². The van der Waals surface area contributed by atoms with Crippen molar-refractivity contribution < 1.29 is 19.1 Å². The summed E-state index contributed by atoms with van der Waals surface area (Å²) in [6.07, 6.45) is 1.76. The second-order valence-electron chi connectivity index (χ2n) is 7.58. The number of thioether (sulfide) groups is 1. The molecular weight excluding hydrogens is 548 g/mol. The smallest absolute Gasteiger partial charge is 0.270 e. The largest absolute Gasteiger partial charge is 0.497 e. The topological polar surface area (TPSA) is 67.9 Å². The minimum absolute atomic E-state index is 0.140. The van der Waals surface area contributed by atoms with E-state index in [2.05, 4.69) is 21.2 Å². The van der Waals surface area contributed by atoms with Crippen LogP contribution in [0.15, 0.2) is 76.1 Å². The molecule has 2 amide bonds. The van der Waals surface area contributed by atoms with Crippen LogP contribution in [0.2, 0.25) is 0 Å². The molecule has 1 N–H and O–H groups in total. The summed E-state index contributed by atoms with van der Waals surface area (Å²) >= 11 is 10.1. The standard InChI is InChI=1S/C26H21BrN2O4S2/c1-16-12-18(27)6-11-22(16)28-24(30)15-33-21-5-3-4-17(13-21)14-23-25(31)29(26(34)35-23)19-7-9-20(32-2)10-8-19/h3-14H,15H2,1-2H3,(H,28,30)/b23-14-. The molecule has 0 spiro atoms.